The van der Waals surface area contributed by atoms with Gasteiger partial charge in [-0.2, -0.15) is 0 Å². The fourth-order valence-electron chi connectivity index (χ4n) is 2.40. The van der Waals surface area contributed by atoms with Crippen LogP contribution in [0.25, 0.3) is 10.8 Å². The van der Waals surface area contributed by atoms with Gasteiger partial charge in [0.05, 0.1) is 11.1 Å². The quantitative estimate of drug-likeness (QED) is 0.685. The molecule has 0 aliphatic heterocycles. The summed E-state index contributed by atoms with van der Waals surface area (Å²) in [6, 6.07) is 10.7. The second-order valence-corrected chi connectivity index (χ2v) is 4.82. The number of rotatable bonds is 3. The van der Waals surface area contributed by atoms with E-state index in [9.17, 15) is 19.8 Å². The Morgan fingerprint density at radius 1 is 1.18 bits per heavy atom. The topological polar surface area (TPSA) is 103 Å². The largest absolute Gasteiger partial charge is 0.505 e. The summed E-state index contributed by atoms with van der Waals surface area (Å²) in [5.74, 6) is -1.83. The summed E-state index contributed by atoms with van der Waals surface area (Å²) in [6.45, 7) is 0. The minimum absolute atomic E-state index is 0.182. The number of carboxylic acid groups (broad SMARTS) is 1. The number of hydrogen-bond donors (Lipinski definition) is 3. The first-order chi connectivity index (χ1) is 10.6. The Morgan fingerprint density at radius 2 is 1.91 bits per heavy atom. The van der Waals surface area contributed by atoms with Crippen molar-refractivity contribution in [1.29, 1.82) is 0 Å². The minimum atomic E-state index is -1.34. The summed E-state index contributed by atoms with van der Waals surface area (Å²) < 4.78 is 0. The molecular formula is C16H12N2O4. The van der Waals surface area contributed by atoms with Crippen molar-refractivity contribution in [3.63, 3.8) is 0 Å². The molecule has 2 heterocycles. The Bertz CT molecular complexity index is 917. The van der Waals surface area contributed by atoms with Crippen molar-refractivity contribution < 1.29 is 15.0 Å². The third-order valence-corrected chi connectivity index (χ3v) is 3.39. The molecule has 1 aromatic carbocycles. The molecular weight excluding hydrogens is 284 g/mol. The van der Waals surface area contributed by atoms with E-state index in [1.165, 1.54) is 12.3 Å². The van der Waals surface area contributed by atoms with Crippen molar-refractivity contribution in [2.24, 2.45) is 0 Å². The normalized spacial score (nSPS) is 10.7. The van der Waals surface area contributed by atoms with Gasteiger partial charge in [0.25, 0.3) is 5.56 Å². The molecule has 0 aliphatic carbocycles. The van der Waals surface area contributed by atoms with Crippen LogP contribution in [0.2, 0.25) is 0 Å². The van der Waals surface area contributed by atoms with Crippen molar-refractivity contribution in [3.05, 3.63) is 69.9 Å². The number of hydrogen-bond acceptors (Lipinski definition) is 4. The monoisotopic (exact) mass is 296 g/mol. The fraction of sp³-hybridized carbons (Fsp3) is 0.0625. The highest BCUT2D eigenvalue weighted by atomic mass is 16.4. The van der Waals surface area contributed by atoms with Crippen LogP contribution in [0.1, 0.15) is 21.7 Å². The number of fused-ring (bicyclic) bond motifs is 1. The summed E-state index contributed by atoms with van der Waals surface area (Å²) in [6.07, 6.45) is 1.66. The lowest BCUT2D eigenvalue weighted by molar-refractivity contribution is 0.0687. The SMILES string of the molecule is O=C(O)c1nc(Cc2ccccc2)c2c(=O)[nH]ccc2c1O. The first-order valence-corrected chi connectivity index (χ1v) is 6.58. The molecule has 0 atom stereocenters. The van der Waals surface area contributed by atoms with E-state index >= 15 is 0 Å². The number of benzene rings is 1. The maximum atomic E-state index is 12.1. The van der Waals surface area contributed by atoms with Crippen molar-refractivity contribution in [3.8, 4) is 5.75 Å². The molecule has 6 nitrogen and oxygen atoms in total. The van der Waals surface area contributed by atoms with E-state index < -0.39 is 23.0 Å². The van der Waals surface area contributed by atoms with E-state index in [-0.39, 0.29) is 10.8 Å². The molecule has 0 fully saturated rings. The van der Waals surface area contributed by atoms with Crippen molar-refractivity contribution in [2.45, 2.75) is 6.42 Å². The first-order valence-electron chi connectivity index (χ1n) is 6.58. The van der Waals surface area contributed by atoms with Crippen LogP contribution < -0.4 is 5.56 Å². The lowest BCUT2D eigenvalue weighted by Crippen LogP contribution is -2.13. The zero-order valence-electron chi connectivity index (χ0n) is 11.4. The number of H-pyrrole nitrogens is 1. The van der Waals surface area contributed by atoms with Crippen LogP contribution in [-0.4, -0.2) is 26.2 Å². The van der Waals surface area contributed by atoms with Crippen molar-refractivity contribution >= 4 is 16.7 Å². The first kappa shape index (κ1) is 13.8. The number of carboxylic acids is 1. The van der Waals surface area contributed by atoms with Crippen LogP contribution >= 0.6 is 0 Å². The molecule has 0 bridgehead atoms. The summed E-state index contributed by atoms with van der Waals surface area (Å²) in [5, 5.41) is 19.6. The van der Waals surface area contributed by atoms with E-state index in [1.54, 1.807) is 0 Å². The molecule has 3 aromatic rings. The molecule has 110 valence electrons. The van der Waals surface area contributed by atoms with E-state index in [1.807, 2.05) is 30.3 Å². The summed E-state index contributed by atoms with van der Waals surface area (Å²) in [4.78, 5) is 29.8. The number of aromatic nitrogens is 2. The predicted octanol–water partition coefficient (Wildman–Crippen LogP) is 1.92. The van der Waals surface area contributed by atoms with Gasteiger partial charge < -0.3 is 15.2 Å². The number of nitrogens with zero attached hydrogens (tertiary/aromatic N) is 1. The van der Waals surface area contributed by atoms with Crippen LogP contribution in [0.4, 0.5) is 0 Å². The maximum Gasteiger partial charge on any atom is 0.358 e. The van der Waals surface area contributed by atoms with Gasteiger partial charge in [-0.05, 0) is 11.6 Å². The number of nitrogens with one attached hydrogen (secondary N) is 1. The second kappa shape index (κ2) is 5.33. The Morgan fingerprint density at radius 3 is 2.59 bits per heavy atom. The lowest BCUT2D eigenvalue weighted by Gasteiger charge is -2.09. The molecule has 0 radical (unpaired) electrons. The highest BCUT2D eigenvalue weighted by Crippen LogP contribution is 2.28. The van der Waals surface area contributed by atoms with E-state index in [0.29, 0.717) is 12.1 Å². The fourth-order valence-corrected chi connectivity index (χ4v) is 2.40. The predicted molar refractivity (Wildman–Crippen MR) is 80.2 cm³/mol. The molecule has 3 rings (SSSR count). The maximum absolute atomic E-state index is 12.1. The van der Waals surface area contributed by atoms with Crippen LogP contribution in [0.15, 0.2) is 47.4 Å². The second-order valence-electron chi connectivity index (χ2n) is 4.82. The Labute approximate surface area is 124 Å². The van der Waals surface area contributed by atoms with Crippen LogP contribution in [-0.2, 0) is 6.42 Å². The van der Waals surface area contributed by atoms with Gasteiger partial charge in [-0.15, -0.1) is 0 Å². The molecule has 0 saturated carbocycles. The third kappa shape index (κ3) is 2.31. The number of aromatic carboxylic acids is 1. The van der Waals surface area contributed by atoms with Crippen LogP contribution in [0.3, 0.4) is 0 Å². The molecule has 0 saturated heterocycles. The zero-order valence-corrected chi connectivity index (χ0v) is 11.4. The molecule has 0 aliphatic rings. The third-order valence-electron chi connectivity index (χ3n) is 3.39. The standard InChI is InChI=1S/C16H12N2O4/c19-14-10-6-7-17-15(20)12(10)11(18-13(14)16(21)22)8-9-4-2-1-3-5-9/h1-7,19H,8H2,(H,17,20)(H,21,22). The summed E-state index contributed by atoms with van der Waals surface area (Å²) in [7, 11) is 0. The van der Waals surface area contributed by atoms with Crippen LogP contribution in [0, 0.1) is 0 Å². The van der Waals surface area contributed by atoms with Crippen molar-refractivity contribution in [2.75, 3.05) is 0 Å². The van der Waals surface area contributed by atoms with Gasteiger partial charge in [0.1, 0.15) is 0 Å². The zero-order chi connectivity index (χ0) is 15.7. The Hall–Kier alpha value is -3.15. The number of carbonyl (C=O) groups is 1. The lowest BCUT2D eigenvalue weighted by atomic mass is 10.0. The smallest absolute Gasteiger partial charge is 0.358 e. The Balaban J connectivity index is 2.30. The molecule has 0 spiro atoms. The van der Waals surface area contributed by atoms with Gasteiger partial charge in [0.2, 0.25) is 0 Å². The van der Waals surface area contributed by atoms with Gasteiger partial charge in [0.15, 0.2) is 11.4 Å². The molecule has 0 unspecified atom stereocenters. The van der Waals surface area contributed by atoms with Gasteiger partial charge in [0, 0.05) is 18.0 Å². The van der Waals surface area contributed by atoms with Crippen molar-refractivity contribution in [1.82, 2.24) is 9.97 Å². The number of pyridine rings is 2. The molecule has 6 heteroatoms. The average Bonchev–Trinajstić information content (AvgIpc) is 2.51. The number of aromatic hydroxyl groups is 1. The Kier molecular flexibility index (Phi) is 3.34. The minimum Gasteiger partial charge on any atom is -0.505 e. The van der Waals surface area contributed by atoms with Gasteiger partial charge in [-0.25, -0.2) is 9.78 Å². The molecule has 0 amide bonds. The van der Waals surface area contributed by atoms with E-state index in [2.05, 4.69) is 9.97 Å². The highest BCUT2D eigenvalue weighted by molar-refractivity contribution is 5.99. The van der Waals surface area contributed by atoms with E-state index in [0.717, 1.165) is 5.56 Å². The summed E-state index contributed by atoms with van der Waals surface area (Å²) in [5.41, 5.74) is 0.340. The molecule has 22 heavy (non-hydrogen) atoms. The molecule has 3 N–H and O–H groups in total. The van der Waals surface area contributed by atoms with E-state index in [4.69, 9.17) is 0 Å². The van der Waals surface area contributed by atoms with Gasteiger partial charge >= 0.3 is 5.97 Å². The average molecular weight is 296 g/mol. The molecule has 2 aromatic heterocycles. The number of aromatic amines is 1. The van der Waals surface area contributed by atoms with Gasteiger partial charge in [-0.3, -0.25) is 4.79 Å². The van der Waals surface area contributed by atoms with Crippen LogP contribution in [0.5, 0.6) is 5.75 Å². The highest BCUT2D eigenvalue weighted by Gasteiger charge is 2.20. The summed E-state index contributed by atoms with van der Waals surface area (Å²) >= 11 is 0. The van der Waals surface area contributed by atoms with Gasteiger partial charge in [-0.1, -0.05) is 30.3 Å².